The summed E-state index contributed by atoms with van der Waals surface area (Å²) in [6, 6.07) is 130. The molecular formula is C98H79Ir3N9-6. The Hall–Kier alpha value is -11.6. The summed E-state index contributed by atoms with van der Waals surface area (Å²) >= 11 is 0. The maximum Gasteiger partial charge on any atom is 0.0770 e. The maximum absolute atomic E-state index is 4.61. The molecule has 6 aromatic heterocycles. The van der Waals surface area contributed by atoms with E-state index in [-0.39, 0.29) is 60.3 Å². The van der Waals surface area contributed by atoms with Crippen molar-refractivity contribution in [2.75, 3.05) is 0 Å². The molecule has 0 aliphatic heterocycles. The van der Waals surface area contributed by atoms with E-state index in [2.05, 4.69) is 223 Å². The van der Waals surface area contributed by atoms with E-state index < -0.39 is 0 Å². The molecule has 0 saturated carbocycles. The Labute approximate surface area is 686 Å². The van der Waals surface area contributed by atoms with Crippen LogP contribution in [-0.2, 0) is 81.5 Å². The van der Waals surface area contributed by atoms with Gasteiger partial charge >= 0.3 is 0 Å². The van der Waals surface area contributed by atoms with Gasteiger partial charge in [-0.1, -0.05) is 152 Å². The predicted molar refractivity (Wildman–Crippen MR) is 440 cm³/mol. The van der Waals surface area contributed by atoms with Gasteiger partial charge in [-0.2, -0.15) is 0 Å². The monoisotopic (exact) mass is 1960 g/mol. The van der Waals surface area contributed by atoms with Gasteiger partial charge in [-0.25, -0.2) is 0 Å². The molecule has 18 rings (SSSR count). The summed E-state index contributed by atoms with van der Waals surface area (Å²) in [7, 11) is 6.10. The van der Waals surface area contributed by atoms with Gasteiger partial charge in [0.05, 0.1) is 50.6 Å². The summed E-state index contributed by atoms with van der Waals surface area (Å²) in [5, 5.41) is 0. The van der Waals surface area contributed by atoms with Gasteiger partial charge in [0.1, 0.15) is 0 Å². The minimum atomic E-state index is 0. The summed E-state index contributed by atoms with van der Waals surface area (Å²) < 4.78 is 6.30. The Morgan fingerprint density at radius 3 is 0.755 bits per heavy atom. The molecule has 0 aliphatic carbocycles. The first kappa shape index (κ1) is 81.0. The molecule has 0 saturated heterocycles. The topological polar surface area (TPSA) is 92.1 Å². The third-order valence-electron chi connectivity index (χ3n) is 18.1. The summed E-state index contributed by atoms with van der Waals surface area (Å²) in [6.07, 6.45) is 5.57. The molecule has 0 aliphatic rings. The summed E-state index contributed by atoms with van der Waals surface area (Å²) in [6.45, 7) is 8.62. The molecule has 9 nitrogen and oxygen atoms in total. The first-order valence-electron chi connectivity index (χ1n) is 35.7. The van der Waals surface area contributed by atoms with Crippen LogP contribution in [0.4, 0.5) is 0 Å². The molecule has 3 radical (unpaired) electrons. The smallest absolute Gasteiger partial charge is 0.0770 e. The van der Waals surface area contributed by atoms with Crippen molar-refractivity contribution in [2.45, 2.75) is 33.6 Å². The summed E-state index contributed by atoms with van der Waals surface area (Å²) in [5.74, 6) is 3.44. The van der Waals surface area contributed by atoms with Crippen LogP contribution in [0.25, 0.3) is 134 Å². The Morgan fingerprint density at radius 2 is 0.509 bits per heavy atom. The van der Waals surface area contributed by atoms with E-state index in [9.17, 15) is 0 Å². The Morgan fingerprint density at radius 1 is 0.264 bits per heavy atom. The number of aromatic nitrogens is 9. The first-order valence-corrected chi connectivity index (χ1v) is 35.7. The van der Waals surface area contributed by atoms with Crippen molar-refractivity contribution < 1.29 is 60.3 Å². The number of aryl methyl sites for hydroxylation is 5. The van der Waals surface area contributed by atoms with Gasteiger partial charge in [-0.05, 0) is 130 Å². The van der Waals surface area contributed by atoms with Crippen molar-refractivity contribution in [3.63, 3.8) is 0 Å². The largest absolute Gasteiger partial charge is 0.367 e. The molecule has 0 atom stereocenters. The number of hydrogen-bond donors (Lipinski definition) is 0. The van der Waals surface area contributed by atoms with E-state index in [1.807, 2.05) is 252 Å². The molecular weight excluding hydrogens is 1880 g/mol. The van der Waals surface area contributed by atoms with Crippen molar-refractivity contribution in [3.8, 4) is 101 Å². The van der Waals surface area contributed by atoms with Crippen molar-refractivity contribution >= 4 is 33.1 Å². The molecule has 12 heteroatoms. The average Bonchev–Trinajstić information content (AvgIpc) is 1.66. The molecule has 549 valence electrons. The Balaban J connectivity index is 0.000000140. The molecule has 0 spiro atoms. The van der Waals surface area contributed by atoms with Crippen LogP contribution in [0.1, 0.15) is 36.5 Å². The molecule has 0 amide bonds. The Kier molecular flexibility index (Phi) is 29.5. The van der Waals surface area contributed by atoms with Gasteiger partial charge in [-0.3, -0.25) is 15.0 Å². The summed E-state index contributed by atoms with van der Waals surface area (Å²) in [5.41, 5.74) is 26.7. The average molecular weight is 1960 g/mol. The molecule has 0 fully saturated rings. The third kappa shape index (κ3) is 20.8. The van der Waals surface area contributed by atoms with Gasteiger partial charge in [0.2, 0.25) is 0 Å². The van der Waals surface area contributed by atoms with Crippen LogP contribution >= 0.6 is 0 Å². The standard InChI is InChI=1S/C20H18N.2C18H14N.3C14H11N2.3Ir/c1-15(2)16-8-10-17(11-9-16)19-12-13-21-20(14-19)18-6-4-3-5-7-18;2*1-14-7-9-15(10-8-14)17-11-12-19-18(13-17)16-5-3-2-4-6-16;3*1-16-13-10-6-5-9-12(13)15-14(16)11-7-3-2-4-8-11;;;/h3-6,8-15H,1-2H3;2*2-5,7-13H,1H3;3*2-7,9-10H,1H3;;;/q6*-1;;;. The second-order valence-corrected chi connectivity index (χ2v) is 25.9. The molecule has 0 unspecified atom stereocenters. The van der Waals surface area contributed by atoms with Crippen LogP contribution in [0.15, 0.2) is 346 Å². The fourth-order valence-electron chi connectivity index (χ4n) is 12.2. The molecule has 18 aromatic rings. The maximum atomic E-state index is 4.61. The number of benzene rings is 12. The molecule has 0 N–H and O–H groups in total. The van der Waals surface area contributed by atoms with E-state index in [0.29, 0.717) is 5.92 Å². The number of fused-ring (bicyclic) bond motifs is 3. The van der Waals surface area contributed by atoms with E-state index in [1.54, 1.807) is 0 Å². The van der Waals surface area contributed by atoms with Crippen molar-refractivity contribution in [3.05, 3.63) is 399 Å². The van der Waals surface area contributed by atoms with Crippen LogP contribution < -0.4 is 0 Å². The van der Waals surface area contributed by atoms with Gasteiger partial charge in [0, 0.05) is 100 Å². The molecule has 110 heavy (non-hydrogen) atoms. The van der Waals surface area contributed by atoms with Crippen LogP contribution in [0, 0.1) is 50.2 Å². The molecule has 6 heterocycles. The van der Waals surface area contributed by atoms with Crippen molar-refractivity contribution in [1.29, 1.82) is 0 Å². The summed E-state index contributed by atoms with van der Waals surface area (Å²) in [4.78, 5) is 27.1. The van der Waals surface area contributed by atoms with Gasteiger partial charge in [-0.15, -0.1) is 215 Å². The third-order valence-corrected chi connectivity index (χ3v) is 18.1. The second kappa shape index (κ2) is 40.0. The van der Waals surface area contributed by atoms with Gasteiger partial charge in [0.25, 0.3) is 0 Å². The van der Waals surface area contributed by atoms with E-state index in [1.165, 1.54) is 50.1 Å². The van der Waals surface area contributed by atoms with E-state index in [4.69, 9.17) is 0 Å². The quantitative estimate of drug-likeness (QED) is 0.127. The number of hydrogen-bond acceptors (Lipinski definition) is 6. The predicted octanol–water partition coefficient (Wildman–Crippen LogP) is 23.5. The van der Waals surface area contributed by atoms with E-state index in [0.717, 1.165) is 101 Å². The fourth-order valence-corrected chi connectivity index (χ4v) is 12.2. The molecule has 12 aromatic carbocycles. The SMILES string of the molecule is CC(C)c1ccc(-c2ccnc(-c3[c-]cccc3)c2)cc1.Cc1ccc(-c2ccnc(-c3[c-]cccc3)c2)cc1.Cc1ccc(-c2ccnc(-c3[c-]cccc3)c2)cc1.Cn1c(-c2[c-]cccc2)nc2ccccc21.Cn1c(-c2[c-]cccc2)nc2ccccc21.Cn1c(-c2[c-]cccc2)nc2ccccc21.[Ir].[Ir].[Ir]. The second-order valence-electron chi connectivity index (χ2n) is 25.9. The normalized spacial score (nSPS) is 10.4. The zero-order valence-electron chi connectivity index (χ0n) is 62.0. The number of imidazole rings is 3. The first-order chi connectivity index (χ1) is 52.5. The van der Waals surface area contributed by atoms with Crippen molar-refractivity contribution in [1.82, 2.24) is 43.6 Å². The zero-order valence-corrected chi connectivity index (χ0v) is 69.2. The number of nitrogens with zero attached hydrogens (tertiary/aromatic N) is 9. The molecule has 0 bridgehead atoms. The van der Waals surface area contributed by atoms with Gasteiger partial charge in [0.15, 0.2) is 0 Å². The Bertz CT molecular complexity index is 5420. The number of para-hydroxylation sites is 6. The minimum Gasteiger partial charge on any atom is -0.367 e. The number of pyridine rings is 3. The van der Waals surface area contributed by atoms with E-state index >= 15 is 0 Å². The van der Waals surface area contributed by atoms with Crippen LogP contribution in [0.2, 0.25) is 0 Å². The van der Waals surface area contributed by atoms with Gasteiger partial charge < -0.3 is 28.7 Å². The van der Waals surface area contributed by atoms with Crippen LogP contribution in [0.5, 0.6) is 0 Å². The zero-order chi connectivity index (χ0) is 73.7. The van der Waals surface area contributed by atoms with Crippen molar-refractivity contribution in [2.24, 2.45) is 21.1 Å². The van der Waals surface area contributed by atoms with Crippen LogP contribution in [0.3, 0.4) is 0 Å². The number of rotatable bonds is 10. The van der Waals surface area contributed by atoms with Crippen LogP contribution in [-0.4, -0.2) is 43.6 Å². The minimum absolute atomic E-state index is 0. The fraction of sp³-hybridized carbons (Fsp3) is 0.0816.